The zero-order valence-electron chi connectivity index (χ0n) is 19.6. The summed E-state index contributed by atoms with van der Waals surface area (Å²) >= 11 is 0. The number of allylic oxidation sites excluding steroid dienone is 2. The molecule has 0 bridgehead atoms. The second-order valence-corrected chi connectivity index (χ2v) is 6.09. The predicted octanol–water partition coefficient (Wildman–Crippen LogP) is 4.17. The van der Waals surface area contributed by atoms with Gasteiger partial charge in [-0.25, -0.2) is 0 Å². The van der Waals surface area contributed by atoms with E-state index in [0.717, 1.165) is 18.4 Å². The molecule has 0 spiro atoms. The number of nitrogens with zero attached hydrogens (tertiary/aromatic N) is 1. The molecule has 0 saturated carbocycles. The van der Waals surface area contributed by atoms with Crippen LogP contribution in [-0.4, -0.2) is 12.5 Å². The van der Waals surface area contributed by atoms with Gasteiger partial charge in [-0.05, 0) is 55.7 Å². The van der Waals surface area contributed by atoms with E-state index in [0.29, 0.717) is 5.92 Å². The first-order valence-electron chi connectivity index (χ1n) is 9.47. The normalized spacial score (nSPS) is 10.8. The third-order valence-electron chi connectivity index (χ3n) is 3.28. The van der Waals surface area contributed by atoms with Crippen molar-refractivity contribution in [3.05, 3.63) is 73.7 Å². The smallest absolute Gasteiger partial charge is 0.542 e. The van der Waals surface area contributed by atoms with Crippen molar-refractivity contribution in [2.75, 3.05) is 0 Å². The van der Waals surface area contributed by atoms with Crippen LogP contribution < -0.4 is 51.4 Å². The second-order valence-electron chi connectivity index (χ2n) is 6.09. The van der Waals surface area contributed by atoms with E-state index in [-0.39, 0.29) is 58.8 Å². The molecule has 2 rings (SSSR count). The number of carbonyl (C=O) groups excluding carboxylic acids is 1. The Morgan fingerprint density at radius 3 is 2.00 bits per heavy atom. The van der Waals surface area contributed by atoms with Crippen LogP contribution in [0.4, 0.5) is 0 Å². The van der Waals surface area contributed by atoms with Crippen LogP contribution in [-0.2, 0) is 17.6 Å². The molecule has 3 heteroatoms. The Balaban J connectivity index is -0.000000252. The number of rotatable bonds is 4. The van der Waals surface area contributed by atoms with Gasteiger partial charge >= 0.3 is 51.4 Å². The minimum absolute atomic E-state index is 0. The largest absolute Gasteiger partial charge is 1.00 e. The molecular formula is C25H40KNO-2. The van der Waals surface area contributed by atoms with Gasteiger partial charge in [0, 0.05) is 12.4 Å². The Morgan fingerprint density at radius 1 is 1.25 bits per heavy atom. The van der Waals surface area contributed by atoms with Crippen molar-refractivity contribution in [1.82, 2.24) is 0 Å². The zero-order chi connectivity index (χ0) is 20.4. The van der Waals surface area contributed by atoms with E-state index in [9.17, 15) is 0 Å². The molecule has 0 heterocycles. The van der Waals surface area contributed by atoms with E-state index in [1.807, 2.05) is 47.0 Å². The maximum absolute atomic E-state index is 8.68. The first-order chi connectivity index (χ1) is 12.5. The molecular weight excluding hydrogens is 369 g/mol. The van der Waals surface area contributed by atoms with Gasteiger partial charge in [-0.2, -0.15) is 13.3 Å². The minimum atomic E-state index is 0. The van der Waals surface area contributed by atoms with Gasteiger partial charge in [-0.1, -0.05) is 57.2 Å². The summed E-state index contributed by atoms with van der Waals surface area (Å²) in [5.41, 5.74) is 5.37. The van der Waals surface area contributed by atoms with Gasteiger partial charge in [-0.3, -0.25) is 11.3 Å². The molecule has 0 saturated heterocycles. The van der Waals surface area contributed by atoms with Crippen LogP contribution >= 0.6 is 0 Å². The van der Waals surface area contributed by atoms with Crippen molar-refractivity contribution in [2.45, 2.75) is 67.2 Å². The Hall–Kier alpha value is -0.324. The van der Waals surface area contributed by atoms with E-state index >= 15 is 0 Å². The van der Waals surface area contributed by atoms with Crippen molar-refractivity contribution >= 4 is 12.5 Å². The van der Waals surface area contributed by atoms with Crippen molar-refractivity contribution in [2.24, 2.45) is 10.9 Å². The van der Waals surface area contributed by atoms with Crippen molar-refractivity contribution in [3.63, 3.8) is 0 Å². The number of hydrogen-bond acceptors (Lipinski definition) is 2. The van der Waals surface area contributed by atoms with E-state index in [4.69, 9.17) is 4.79 Å². The van der Waals surface area contributed by atoms with Crippen LogP contribution in [0, 0.1) is 20.3 Å². The summed E-state index contributed by atoms with van der Waals surface area (Å²) in [6.07, 6.45) is 9.71. The first-order valence-corrected chi connectivity index (χ1v) is 9.47. The zero-order valence-corrected chi connectivity index (χ0v) is 22.8. The molecule has 2 nitrogen and oxygen atoms in total. The van der Waals surface area contributed by atoms with Gasteiger partial charge < -0.3 is 19.1 Å². The van der Waals surface area contributed by atoms with Crippen molar-refractivity contribution < 1.29 is 56.2 Å². The average molecular weight is 410 g/mol. The summed E-state index contributed by atoms with van der Waals surface area (Å²) in [7, 11) is 0. The molecule has 0 aromatic heterocycles. The summed E-state index contributed by atoms with van der Waals surface area (Å²) in [6.45, 7) is 19.0. The van der Waals surface area contributed by atoms with Crippen LogP contribution in [0.5, 0.6) is 0 Å². The average Bonchev–Trinajstić information content (AvgIpc) is 3.00. The fourth-order valence-corrected chi connectivity index (χ4v) is 2.51. The molecule has 0 amide bonds. The quantitative estimate of drug-likeness (QED) is 0.417. The monoisotopic (exact) mass is 409 g/mol. The summed E-state index contributed by atoms with van der Waals surface area (Å²) in [4.78, 5) is 13.0. The molecule has 28 heavy (non-hydrogen) atoms. The summed E-state index contributed by atoms with van der Waals surface area (Å²) in [6, 6.07) is 8.75. The van der Waals surface area contributed by atoms with E-state index in [1.54, 1.807) is 0 Å². The molecule has 1 aromatic carbocycles. The number of fused-ring (bicyclic) bond motifs is 1. The number of hydrogen-bond donors (Lipinski definition) is 0. The molecule has 0 unspecified atom stereocenters. The molecule has 1 aliphatic carbocycles. The third kappa shape index (κ3) is 19.0. The maximum Gasteiger partial charge on any atom is 1.00 e. The fraction of sp³-hybridized carbons (Fsp3) is 0.440. The predicted molar refractivity (Wildman–Crippen MR) is 124 cm³/mol. The Bertz CT molecular complexity index is 532. The molecule has 0 aliphatic heterocycles. The SMILES string of the molecule is C=C(C=NC=C(C)C)CC1Cc2ccccc2C1.CC.C[C-]=O.[CH2-]CC.[CH3-].[K+]. The molecule has 0 radical (unpaired) electrons. The van der Waals surface area contributed by atoms with Gasteiger partial charge in [0.15, 0.2) is 0 Å². The third-order valence-corrected chi connectivity index (χ3v) is 3.28. The fourth-order valence-electron chi connectivity index (χ4n) is 2.51. The van der Waals surface area contributed by atoms with Gasteiger partial charge in [0.05, 0.1) is 0 Å². The molecule has 0 atom stereocenters. The first kappa shape index (κ1) is 35.1. The second kappa shape index (κ2) is 24.7. The van der Waals surface area contributed by atoms with Crippen LogP contribution in [0.25, 0.3) is 0 Å². The van der Waals surface area contributed by atoms with Gasteiger partial charge in [0.1, 0.15) is 0 Å². The number of aliphatic imine (C=N–C) groups is 1. The van der Waals surface area contributed by atoms with Gasteiger partial charge in [0.25, 0.3) is 0 Å². The van der Waals surface area contributed by atoms with Crippen LogP contribution in [0.1, 0.15) is 65.5 Å². The van der Waals surface area contributed by atoms with Crippen molar-refractivity contribution in [1.29, 1.82) is 0 Å². The van der Waals surface area contributed by atoms with Gasteiger partial charge in [-0.15, -0.1) is 0 Å². The summed E-state index contributed by atoms with van der Waals surface area (Å²) in [5, 5.41) is 0. The van der Waals surface area contributed by atoms with Crippen LogP contribution in [0.15, 0.2) is 53.2 Å². The Kier molecular flexibility index (Phi) is 31.0. The van der Waals surface area contributed by atoms with E-state index in [1.165, 1.54) is 42.8 Å². The standard InChI is InChI=1S/C17H21N.C3H7.C2H3O.C2H6.CH3.K/c1-13(2)11-18-12-14(3)8-15-9-16-6-4-5-7-17(16)10-15;1-3-2;1-2-3;1-2;;/h4-7,11-12,15H,3,8-10H2,1-2H3;1,3H2,2H3;1H3;1-2H3;1H3;/q;2*-1;;-1;+1. The molecule has 0 fully saturated rings. The topological polar surface area (TPSA) is 29.4 Å². The molecule has 1 aromatic rings. The molecule has 1 aliphatic rings. The number of benzene rings is 1. The van der Waals surface area contributed by atoms with Crippen LogP contribution in [0.2, 0.25) is 0 Å². The minimum Gasteiger partial charge on any atom is -0.542 e. The Labute approximate surface area is 218 Å². The van der Waals surface area contributed by atoms with Gasteiger partial charge in [0.2, 0.25) is 0 Å². The summed E-state index contributed by atoms with van der Waals surface area (Å²) < 4.78 is 0. The van der Waals surface area contributed by atoms with E-state index < -0.39 is 0 Å². The Morgan fingerprint density at radius 2 is 1.64 bits per heavy atom. The molecule has 0 N–H and O–H groups in total. The maximum atomic E-state index is 8.68. The van der Waals surface area contributed by atoms with Crippen molar-refractivity contribution in [3.8, 4) is 0 Å². The molecule has 154 valence electrons. The van der Waals surface area contributed by atoms with E-state index in [2.05, 4.69) is 42.8 Å². The van der Waals surface area contributed by atoms with Crippen LogP contribution in [0.3, 0.4) is 0 Å². The summed E-state index contributed by atoms with van der Waals surface area (Å²) in [5.74, 6) is 0.702.